The Morgan fingerprint density at radius 3 is 2.07 bits per heavy atom. The van der Waals surface area contributed by atoms with E-state index >= 15 is 0 Å². The minimum Gasteiger partial charge on any atom is -0.259 e. The van der Waals surface area contributed by atoms with E-state index in [1.54, 1.807) is 0 Å². The fourth-order valence-corrected chi connectivity index (χ4v) is 4.78. The van der Waals surface area contributed by atoms with Gasteiger partial charge in [0.1, 0.15) is 0 Å². The van der Waals surface area contributed by atoms with Crippen LogP contribution in [0.5, 0.6) is 0 Å². The Balaban J connectivity index is 2.62. The zero-order valence-electron chi connectivity index (χ0n) is 9.92. The Labute approximate surface area is 94.9 Å². The highest BCUT2D eigenvalue weighted by molar-refractivity contribution is 8.00. The molecule has 0 radical (unpaired) electrons. The first-order valence-corrected chi connectivity index (χ1v) is 7.71. The van der Waals surface area contributed by atoms with Crippen LogP contribution >= 0.6 is 11.8 Å². The smallest absolute Gasteiger partial charge is 0.0375 e. The van der Waals surface area contributed by atoms with Crippen LogP contribution in [0, 0.1) is 11.3 Å². The van der Waals surface area contributed by atoms with Crippen molar-refractivity contribution in [3.8, 4) is 0 Å². The molecule has 1 aliphatic rings. The van der Waals surface area contributed by atoms with Gasteiger partial charge in [0.2, 0.25) is 0 Å². The van der Waals surface area contributed by atoms with Gasteiger partial charge in [-0.25, -0.2) is 0 Å². The fourth-order valence-electron chi connectivity index (χ4n) is 1.43. The third-order valence-corrected chi connectivity index (χ3v) is 6.87. The van der Waals surface area contributed by atoms with E-state index in [0.717, 1.165) is 5.75 Å². The van der Waals surface area contributed by atoms with Crippen molar-refractivity contribution in [3.63, 3.8) is 0 Å². The van der Waals surface area contributed by atoms with Gasteiger partial charge in [0.15, 0.2) is 0 Å². The third-order valence-electron chi connectivity index (χ3n) is 3.11. The van der Waals surface area contributed by atoms with Crippen LogP contribution in [0.2, 0.25) is 0 Å². The van der Waals surface area contributed by atoms with Gasteiger partial charge in [-0.1, -0.05) is 13.8 Å². The average molecular weight is 234 g/mol. The average Bonchev–Trinajstić information content (AvgIpc) is 1.93. The molecule has 1 aliphatic heterocycles. The molecule has 0 saturated carbocycles. The summed E-state index contributed by atoms with van der Waals surface area (Å²) in [6.45, 7) is 10.7. The molecule has 0 aliphatic carbocycles. The molecular formula is C11H22OS2. The summed E-state index contributed by atoms with van der Waals surface area (Å²) in [7, 11) is -0.689. The van der Waals surface area contributed by atoms with Gasteiger partial charge < -0.3 is 0 Å². The highest BCUT2D eigenvalue weighted by atomic mass is 32.2. The van der Waals surface area contributed by atoms with Gasteiger partial charge in [-0.3, -0.25) is 4.21 Å². The molecule has 0 N–H and O–H groups in total. The lowest BCUT2D eigenvalue weighted by atomic mass is 9.82. The molecule has 1 atom stereocenters. The Bertz CT molecular complexity index is 224. The maximum absolute atomic E-state index is 12.1. The van der Waals surface area contributed by atoms with Crippen LogP contribution < -0.4 is 0 Å². The van der Waals surface area contributed by atoms with Crippen LogP contribution in [0.25, 0.3) is 0 Å². The lowest BCUT2D eigenvalue weighted by Crippen LogP contribution is -2.47. The van der Waals surface area contributed by atoms with Crippen molar-refractivity contribution in [2.45, 2.75) is 39.4 Å². The van der Waals surface area contributed by atoms with E-state index in [-0.39, 0.29) is 4.75 Å². The fraction of sp³-hybridized carbons (Fsp3) is 1.00. The molecule has 14 heavy (non-hydrogen) atoms. The van der Waals surface area contributed by atoms with Gasteiger partial charge >= 0.3 is 0 Å². The van der Waals surface area contributed by atoms with Crippen LogP contribution in [0.3, 0.4) is 0 Å². The van der Waals surface area contributed by atoms with Gasteiger partial charge in [-0.15, -0.1) is 0 Å². The summed E-state index contributed by atoms with van der Waals surface area (Å²) in [6.07, 6.45) is 0. The van der Waals surface area contributed by atoms with Crippen molar-refractivity contribution in [1.82, 2.24) is 0 Å². The molecule has 1 fully saturated rings. The highest BCUT2D eigenvalue weighted by Gasteiger charge is 2.43. The molecule has 1 rings (SSSR count). The summed E-state index contributed by atoms with van der Waals surface area (Å²) in [5.74, 6) is 3.95. The number of hydrogen-bond acceptors (Lipinski definition) is 2. The number of thioether (sulfide) groups is 1. The SMILES string of the molecule is CC(C)C1(CS(=O)C(C)(C)C)CSC1. The quantitative estimate of drug-likeness (QED) is 0.747. The first-order chi connectivity index (χ1) is 6.28. The third kappa shape index (κ3) is 2.54. The van der Waals surface area contributed by atoms with E-state index in [4.69, 9.17) is 0 Å². The largest absolute Gasteiger partial charge is 0.259 e. The molecule has 1 nitrogen and oxygen atoms in total. The zero-order chi connectivity index (χ0) is 11.0. The molecule has 1 heterocycles. The first-order valence-electron chi connectivity index (χ1n) is 5.24. The van der Waals surface area contributed by atoms with E-state index in [1.807, 2.05) is 11.8 Å². The van der Waals surface area contributed by atoms with Crippen LogP contribution in [0.15, 0.2) is 0 Å². The summed E-state index contributed by atoms with van der Waals surface area (Å²) in [4.78, 5) is 0. The molecule has 0 spiro atoms. The maximum atomic E-state index is 12.1. The predicted molar refractivity (Wildman–Crippen MR) is 67.4 cm³/mol. The Morgan fingerprint density at radius 2 is 1.86 bits per heavy atom. The minimum atomic E-state index is -0.689. The topological polar surface area (TPSA) is 17.1 Å². The van der Waals surface area contributed by atoms with Crippen LogP contribution in [0.4, 0.5) is 0 Å². The normalized spacial score (nSPS) is 23.3. The molecule has 1 unspecified atom stereocenters. The van der Waals surface area contributed by atoms with Gasteiger partial charge in [-0.05, 0) is 26.7 Å². The predicted octanol–water partition coefficient (Wildman–Crippen LogP) is 2.92. The highest BCUT2D eigenvalue weighted by Crippen LogP contribution is 2.45. The molecule has 0 bridgehead atoms. The van der Waals surface area contributed by atoms with Crippen molar-refractivity contribution >= 4 is 22.6 Å². The second-order valence-corrected chi connectivity index (χ2v) is 8.80. The standard InChI is InChI=1S/C11H22OS2/c1-9(2)11(6-13-7-11)8-14(12)10(3,4)5/h9H,6-8H2,1-5H3. The molecule has 0 aromatic rings. The molecule has 1 saturated heterocycles. The number of rotatable bonds is 3. The van der Waals surface area contributed by atoms with Crippen LogP contribution in [0.1, 0.15) is 34.6 Å². The van der Waals surface area contributed by atoms with E-state index in [0.29, 0.717) is 11.3 Å². The van der Waals surface area contributed by atoms with Gasteiger partial charge in [0.25, 0.3) is 0 Å². The zero-order valence-corrected chi connectivity index (χ0v) is 11.6. The molecule has 0 aromatic carbocycles. The summed E-state index contributed by atoms with van der Waals surface area (Å²) >= 11 is 1.99. The van der Waals surface area contributed by atoms with Crippen molar-refractivity contribution in [3.05, 3.63) is 0 Å². The molecule has 3 heteroatoms. The Morgan fingerprint density at radius 1 is 1.36 bits per heavy atom. The summed E-state index contributed by atoms with van der Waals surface area (Å²) in [5.41, 5.74) is 0.364. The summed E-state index contributed by atoms with van der Waals surface area (Å²) < 4.78 is 12.0. The van der Waals surface area contributed by atoms with Gasteiger partial charge in [0, 0.05) is 38.2 Å². The lowest BCUT2D eigenvalue weighted by Gasteiger charge is -2.45. The van der Waals surface area contributed by atoms with E-state index < -0.39 is 10.8 Å². The molecule has 84 valence electrons. The first kappa shape index (κ1) is 12.6. The van der Waals surface area contributed by atoms with E-state index in [1.165, 1.54) is 11.5 Å². The Kier molecular flexibility index (Phi) is 3.74. The Hall–Kier alpha value is 0.500. The van der Waals surface area contributed by atoms with Crippen LogP contribution in [-0.4, -0.2) is 26.2 Å². The second kappa shape index (κ2) is 4.17. The monoisotopic (exact) mass is 234 g/mol. The molecular weight excluding hydrogens is 212 g/mol. The summed E-state index contributed by atoms with van der Waals surface area (Å²) in [5, 5.41) is 0. The van der Waals surface area contributed by atoms with E-state index in [2.05, 4.69) is 34.6 Å². The van der Waals surface area contributed by atoms with Crippen molar-refractivity contribution in [2.24, 2.45) is 11.3 Å². The van der Waals surface area contributed by atoms with E-state index in [9.17, 15) is 4.21 Å². The van der Waals surface area contributed by atoms with Crippen molar-refractivity contribution in [1.29, 1.82) is 0 Å². The van der Waals surface area contributed by atoms with Gasteiger partial charge in [0.05, 0.1) is 0 Å². The second-order valence-electron chi connectivity index (χ2n) is 5.61. The molecule has 0 aromatic heterocycles. The maximum Gasteiger partial charge on any atom is 0.0375 e. The van der Waals surface area contributed by atoms with Crippen molar-refractivity contribution in [2.75, 3.05) is 17.3 Å². The van der Waals surface area contributed by atoms with Crippen LogP contribution in [-0.2, 0) is 10.8 Å². The number of hydrogen-bond donors (Lipinski definition) is 0. The minimum absolute atomic E-state index is 0.0534. The van der Waals surface area contributed by atoms with Crippen molar-refractivity contribution < 1.29 is 4.21 Å². The lowest BCUT2D eigenvalue weighted by molar-refractivity contribution is 0.284. The molecule has 0 amide bonds. The summed E-state index contributed by atoms with van der Waals surface area (Å²) in [6, 6.07) is 0. The van der Waals surface area contributed by atoms with Gasteiger partial charge in [-0.2, -0.15) is 11.8 Å².